The van der Waals surface area contributed by atoms with Crippen LogP contribution in [0.25, 0.3) is 0 Å². The van der Waals surface area contributed by atoms with E-state index < -0.39 is 0 Å². The largest absolute Gasteiger partial charge is 0.366 e. The second-order valence-corrected chi connectivity index (χ2v) is 5.52. The zero-order chi connectivity index (χ0) is 14.5. The maximum Gasteiger partial charge on any atom is 0.146 e. The van der Waals surface area contributed by atoms with Crippen molar-refractivity contribution in [2.75, 3.05) is 38.1 Å². The van der Waals surface area contributed by atoms with E-state index in [4.69, 9.17) is 0 Å². The summed E-state index contributed by atoms with van der Waals surface area (Å²) in [5.41, 5.74) is 1.85. The molecule has 0 aliphatic carbocycles. The molecule has 1 aromatic rings. The Kier molecular flexibility index (Phi) is 5.38. The summed E-state index contributed by atoms with van der Waals surface area (Å²) < 4.78 is 14.3. The molecule has 112 valence electrons. The predicted octanol–water partition coefficient (Wildman–Crippen LogP) is 2.47. The molecule has 0 radical (unpaired) electrons. The van der Waals surface area contributed by atoms with Crippen LogP contribution in [0.1, 0.15) is 25.8 Å². The van der Waals surface area contributed by atoms with E-state index in [1.54, 1.807) is 12.1 Å². The summed E-state index contributed by atoms with van der Waals surface area (Å²) in [6.45, 7) is 8.70. The molecule has 1 saturated heterocycles. The van der Waals surface area contributed by atoms with Gasteiger partial charge in [-0.3, -0.25) is 4.90 Å². The van der Waals surface area contributed by atoms with Crippen LogP contribution in [0.4, 0.5) is 10.1 Å². The molecule has 2 rings (SSSR count). The zero-order valence-electron chi connectivity index (χ0n) is 12.8. The van der Waals surface area contributed by atoms with E-state index in [-0.39, 0.29) is 5.82 Å². The molecule has 1 unspecified atom stereocenters. The molecule has 1 aliphatic rings. The third kappa shape index (κ3) is 3.30. The lowest BCUT2D eigenvalue weighted by atomic mass is 10.1. The molecule has 1 atom stereocenters. The minimum absolute atomic E-state index is 0.0974. The molecule has 1 N–H and O–H groups in total. The highest BCUT2D eigenvalue weighted by Gasteiger charge is 2.25. The van der Waals surface area contributed by atoms with Crippen molar-refractivity contribution in [2.24, 2.45) is 0 Å². The Balaban J connectivity index is 2.22. The van der Waals surface area contributed by atoms with Gasteiger partial charge in [0.25, 0.3) is 0 Å². The van der Waals surface area contributed by atoms with Crippen LogP contribution in [0, 0.1) is 5.82 Å². The van der Waals surface area contributed by atoms with Gasteiger partial charge in [0.2, 0.25) is 0 Å². The zero-order valence-corrected chi connectivity index (χ0v) is 12.8. The van der Waals surface area contributed by atoms with Gasteiger partial charge in [0.15, 0.2) is 0 Å². The first kappa shape index (κ1) is 15.3. The number of para-hydroxylation sites is 1. The summed E-state index contributed by atoms with van der Waals surface area (Å²) in [7, 11) is 2.16. The van der Waals surface area contributed by atoms with Crippen LogP contribution in [0.3, 0.4) is 0 Å². The topological polar surface area (TPSA) is 18.5 Å². The van der Waals surface area contributed by atoms with Gasteiger partial charge < -0.3 is 10.2 Å². The maximum absolute atomic E-state index is 14.3. The fourth-order valence-corrected chi connectivity index (χ4v) is 2.91. The fraction of sp³-hybridized carbons (Fsp3) is 0.625. The molecule has 0 saturated carbocycles. The average molecular weight is 279 g/mol. The molecule has 1 fully saturated rings. The molecule has 0 aromatic heterocycles. The summed E-state index contributed by atoms with van der Waals surface area (Å²) in [4.78, 5) is 4.59. The van der Waals surface area contributed by atoms with E-state index in [2.05, 4.69) is 36.0 Å². The molecular weight excluding hydrogens is 253 g/mol. The standard InChI is InChI=1S/C16H26FN3/c1-4-14-12-20(10-9-19(14)3)16-13(11-18-5-2)7-6-8-15(16)17/h6-8,14,18H,4-5,9-12H2,1-3H3. The summed E-state index contributed by atoms with van der Waals surface area (Å²) in [6.07, 6.45) is 1.10. The number of nitrogens with zero attached hydrogens (tertiary/aromatic N) is 2. The van der Waals surface area contributed by atoms with Crippen LogP contribution in [0.2, 0.25) is 0 Å². The number of hydrogen-bond donors (Lipinski definition) is 1. The minimum atomic E-state index is -0.0974. The monoisotopic (exact) mass is 279 g/mol. The van der Waals surface area contributed by atoms with E-state index in [9.17, 15) is 4.39 Å². The van der Waals surface area contributed by atoms with Crippen molar-refractivity contribution in [3.05, 3.63) is 29.6 Å². The van der Waals surface area contributed by atoms with Crippen LogP contribution in [0.15, 0.2) is 18.2 Å². The number of likely N-dealkylation sites (N-methyl/N-ethyl adjacent to an activating group) is 1. The normalized spacial score (nSPS) is 20.4. The lowest BCUT2D eigenvalue weighted by Gasteiger charge is -2.41. The van der Waals surface area contributed by atoms with Crippen molar-refractivity contribution < 1.29 is 4.39 Å². The quantitative estimate of drug-likeness (QED) is 0.893. The van der Waals surface area contributed by atoms with E-state index >= 15 is 0 Å². The Morgan fingerprint density at radius 2 is 2.10 bits per heavy atom. The van der Waals surface area contributed by atoms with Gasteiger partial charge in [0.05, 0.1) is 5.69 Å². The molecular formula is C16H26FN3. The van der Waals surface area contributed by atoms with Crippen molar-refractivity contribution in [2.45, 2.75) is 32.9 Å². The second-order valence-electron chi connectivity index (χ2n) is 5.52. The van der Waals surface area contributed by atoms with Gasteiger partial charge in [-0.1, -0.05) is 26.0 Å². The first-order valence-electron chi connectivity index (χ1n) is 7.60. The molecule has 1 aliphatic heterocycles. The lowest BCUT2D eigenvalue weighted by molar-refractivity contribution is 0.212. The molecule has 3 nitrogen and oxygen atoms in total. The number of rotatable bonds is 5. The number of nitrogens with one attached hydrogen (secondary N) is 1. The molecule has 0 amide bonds. The lowest BCUT2D eigenvalue weighted by Crippen LogP contribution is -2.51. The van der Waals surface area contributed by atoms with Gasteiger partial charge in [-0.25, -0.2) is 4.39 Å². The van der Waals surface area contributed by atoms with Crippen LogP contribution < -0.4 is 10.2 Å². The van der Waals surface area contributed by atoms with Crippen LogP contribution in [-0.4, -0.2) is 44.2 Å². The van der Waals surface area contributed by atoms with Crippen molar-refractivity contribution in [3.8, 4) is 0 Å². The van der Waals surface area contributed by atoms with Gasteiger partial charge in [0.1, 0.15) is 5.82 Å². The Morgan fingerprint density at radius 3 is 2.80 bits per heavy atom. The Morgan fingerprint density at radius 1 is 1.30 bits per heavy atom. The fourth-order valence-electron chi connectivity index (χ4n) is 2.91. The third-order valence-electron chi connectivity index (χ3n) is 4.20. The number of anilines is 1. The number of benzene rings is 1. The van der Waals surface area contributed by atoms with Crippen molar-refractivity contribution in [1.29, 1.82) is 0 Å². The number of hydrogen-bond acceptors (Lipinski definition) is 3. The number of halogens is 1. The average Bonchev–Trinajstić information content (AvgIpc) is 2.46. The van der Waals surface area contributed by atoms with Crippen molar-refractivity contribution in [3.63, 3.8) is 0 Å². The summed E-state index contributed by atoms with van der Waals surface area (Å²) in [6, 6.07) is 5.92. The maximum atomic E-state index is 14.3. The molecule has 0 bridgehead atoms. The van der Waals surface area contributed by atoms with Gasteiger partial charge in [-0.2, -0.15) is 0 Å². The predicted molar refractivity (Wildman–Crippen MR) is 82.7 cm³/mol. The Bertz CT molecular complexity index is 436. The minimum Gasteiger partial charge on any atom is -0.366 e. The Labute approximate surface area is 121 Å². The number of piperazine rings is 1. The smallest absolute Gasteiger partial charge is 0.146 e. The highest BCUT2D eigenvalue weighted by molar-refractivity contribution is 5.55. The Hall–Kier alpha value is -1.13. The van der Waals surface area contributed by atoms with Crippen LogP contribution in [-0.2, 0) is 6.54 Å². The molecule has 4 heteroatoms. The highest BCUT2D eigenvalue weighted by Crippen LogP contribution is 2.27. The van der Waals surface area contributed by atoms with Crippen LogP contribution in [0.5, 0.6) is 0 Å². The van der Waals surface area contributed by atoms with E-state index in [0.29, 0.717) is 6.04 Å². The van der Waals surface area contributed by atoms with E-state index in [0.717, 1.165) is 50.4 Å². The van der Waals surface area contributed by atoms with E-state index in [1.165, 1.54) is 0 Å². The third-order valence-corrected chi connectivity index (χ3v) is 4.20. The summed E-state index contributed by atoms with van der Waals surface area (Å²) in [5.74, 6) is -0.0974. The van der Waals surface area contributed by atoms with Crippen molar-refractivity contribution >= 4 is 5.69 Å². The van der Waals surface area contributed by atoms with Gasteiger partial charge in [0, 0.05) is 32.2 Å². The molecule has 1 heterocycles. The molecule has 20 heavy (non-hydrogen) atoms. The molecule has 0 spiro atoms. The SMILES string of the molecule is CCNCc1cccc(F)c1N1CCN(C)C(CC)C1. The van der Waals surface area contributed by atoms with Crippen molar-refractivity contribution in [1.82, 2.24) is 10.2 Å². The molecule has 1 aromatic carbocycles. The van der Waals surface area contributed by atoms with Gasteiger partial charge in [-0.15, -0.1) is 0 Å². The second kappa shape index (κ2) is 7.04. The summed E-state index contributed by atoms with van der Waals surface area (Å²) in [5, 5.41) is 3.30. The summed E-state index contributed by atoms with van der Waals surface area (Å²) >= 11 is 0. The first-order chi connectivity index (χ1) is 9.67. The van der Waals surface area contributed by atoms with E-state index in [1.807, 2.05) is 6.07 Å². The van der Waals surface area contributed by atoms with Crippen LogP contribution >= 0.6 is 0 Å². The highest BCUT2D eigenvalue weighted by atomic mass is 19.1. The first-order valence-corrected chi connectivity index (χ1v) is 7.60. The van der Waals surface area contributed by atoms with Gasteiger partial charge in [-0.05, 0) is 31.6 Å². The van der Waals surface area contributed by atoms with Gasteiger partial charge >= 0.3 is 0 Å².